The Hall–Kier alpha value is -0.550. The Balaban J connectivity index is 0. The van der Waals surface area contributed by atoms with Gasteiger partial charge < -0.3 is 10.2 Å². The van der Waals surface area contributed by atoms with Gasteiger partial charge in [0, 0.05) is 20.5 Å². The van der Waals surface area contributed by atoms with Crippen LogP contribution in [0.3, 0.4) is 0 Å². The molecule has 0 heterocycles. The lowest BCUT2D eigenvalue weighted by molar-refractivity contribution is -0.127. The van der Waals surface area contributed by atoms with E-state index in [-0.39, 0.29) is 16.8 Å². The summed E-state index contributed by atoms with van der Waals surface area (Å²) in [7, 11) is 3.74. The van der Waals surface area contributed by atoms with Crippen molar-refractivity contribution >= 4 is 22.8 Å². The van der Waals surface area contributed by atoms with Crippen molar-refractivity contribution in [1.29, 1.82) is 0 Å². The minimum Gasteiger partial charge on any atom is -0.345 e. The van der Waals surface area contributed by atoms with E-state index in [1.165, 1.54) is 6.92 Å². The minimum atomic E-state index is -0.00806. The lowest BCUT2D eigenvalue weighted by atomic mass is 10.2. The summed E-state index contributed by atoms with van der Waals surface area (Å²) in [6.07, 6.45) is 0. The van der Waals surface area contributed by atoms with Crippen LogP contribution in [0.1, 0.15) is 34.6 Å². The quantitative estimate of drug-likeness (QED) is 0.815. The molecule has 4 nitrogen and oxygen atoms in total. The molecule has 19 heavy (non-hydrogen) atoms. The Morgan fingerprint density at radius 3 is 1.95 bits per heavy atom. The predicted octanol–water partition coefficient (Wildman–Crippen LogP) is 2.24. The number of rotatable bonds is 6. The van der Waals surface area contributed by atoms with Crippen LogP contribution in [-0.2, 0) is 9.59 Å². The zero-order valence-electron chi connectivity index (χ0n) is 13.4. The van der Waals surface area contributed by atoms with Crippen molar-refractivity contribution in [2.24, 2.45) is 11.8 Å². The maximum absolute atomic E-state index is 11.3. The van der Waals surface area contributed by atoms with Gasteiger partial charge in [-0.25, -0.2) is 0 Å². The highest BCUT2D eigenvalue weighted by atomic mass is 32.2. The predicted molar refractivity (Wildman–Crippen MR) is 84.4 cm³/mol. The number of thioether (sulfide) groups is 1. The molecule has 0 radical (unpaired) electrons. The monoisotopic (exact) mass is 290 g/mol. The summed E-state index contributed by atoms with van der Waals surface area (Å²) in [5.74, 6) is 1.54. The molecule has 5 heteroatoms. The van der Waals surface area contributed by atoms with E-state index in [1.807, 2.05) is 7.05 Å². The fourth-order valence-electron chi connectivity index (χ4n) is 1.33. The van der Waals surface area contributed by atoms with Crippen LogP contribution in [-0.4, -0.2) is 48.9 Å². The molecule has 0 unspecified atom stereocenters. The molecule has 0 spiro atoms. The van der Waals surface area contributed by atoms with E-state index in [4.69, 9.17) is 0 Å². The fourth-order valence-corrected chi connectivity index (χ4v) is 1.88. The van der Waals surface area contributed by atoms with Crippen LogP contribution in [0.5, 0.6) is 0 Å². The number of nitrogens with one attached hydrogen (secondary N) is 1. The molecule has 0 aliphatic carbocycles. The van der Waals surface area contributed by atoms with Gasteiger partial charge in [0.05, 0.1) is 5.75 Å². The lowest BCUT2D eigenvalue weighted by Gasteiger charge is -2.18. The van der Waals surface area contributed by atoms with Crippen molar-refractivity contribution in [3.8, 4) is 0 Å². The molecule has 0 atom stereocenters. The summed E-state index contributed by atoms with van der Waals surface area (Å²) in [4.78, 5) is 23.6. The molecule has 1 N–H and O–H groups in total. The summed E-state index contributed by atoms with van der Waals surface area (Å²) in [6.45, 7) is 11.8. The molecule has 0 aliphatic heterocycles. The number of carbonyl (C=O) groups is 2. The molecular weight excluding hydrogens is 260 g/mol. The van der Waals surface area contributed by atoms with E-state index in [0.717, 1.165) is 30.8 Å². The molecule has 0 saturated heterocycles. The second kappa shape index (κ2) is 12.5. The van der Waals surface area contributed by atoms with Crippen LogP contribution < -0.4 is 5.32 Å². The van der Waals surface area contributed by atoms with Gasteiger partial charge in [-0.1, -0.05) is 39.5 Å². The normalized spacial score (nSPS) is 10.2. The molecule has 0 aromatic rings. The third-order valence-corrected chi connectivity index (χ3v) is 2.87. The Morgan fingerprint density at radius 2 is 1.68 bits per heavy atom. The molecule has 0 rings (SSSR count). The largest absolute Gasteiger partial charge is 0.345 e. The first-order chi connectivity index (χ1) is 8.70. The van der Waals surface area contributed by atoms with Crippen molar-refractivity contribution < 1.29 is 9.59 Å². The summed E-state index contributed by atoms with van der Waals surface area (Å²) in [6, 6.07) is 0. The van der Waals surface area contributed by atoms with E-state index >= 15 is 0 Å². The average molecular weight is 290 g/mol. The Kier molecular flexibility index (Phi) is 13.6. The first-order valence-electron chi connectivity index (χ1n) is 6.72. The van der Waals surface area contributed by atoms with Crippen LogP contribution in [0.15, 0.2) is 0 Å². The van der Waals surface area contributed by atoms with Crippen molar-refractivity contribution in [2.75, 3.05) is 32.9 Å². The SMILES string of the molecule is CC(=O)SCC(=O)N(C)CC(C)C.CNCC(C)C. The summed E-state index contributed by atoms with van der Waals surface area (Å²) in [5, 5.41) is 3.06. The maximum atomic E-state index is 11.3. The van der Waals surface area contributed by atoms with Crippen LogP contribution in [0.25, 0.3) is 0 Å². The molecule has 0 aromatic heterocycles. The minimum absolute atomic E-state index is 0.00806. The third-order valence-electron chi connectivity index (χ3n) is 2.08. The summed E-state index contributed by atoms with van der Waals surface area (Å²) in [5.41, 5.74) is 0. The highest BCUT2D eigenvalue weighted by molar-refractivity contribution is 8.14. The number of carbonyl (C=O) groups excluding carboxylic acids is 2. The standard InChI is InChI=1S/C9H17NO2S.C5H13N/c1-7(2)5-10(4)9(12)6-13-8(3)11;1-5(2)4-6-3/h7H,5-6H2,1-4H3;5-6H,4H2,1-3H3. The van der Waals surface area contributed by atoms with Gasteiger partial charge >= 0.3 is 0 Å². The van der Waals surface area contributed by atoms with Crippen molar-refractivity contribution in [1.82, 2.24) is 10.2 Å². The van der Waals surface area contributed by atoms with Crippen molar-refractivity contribution in [3.63, 3.8) is 0 Å². The van der Waals surface area contributed by atoms with Gasteiger partial charge in [-0.05, 0) is 25.4 Å². The summed E-state index contributed by atoms with van der Waals surface area (Å²) < 4.78 is 0. The zero-order valence-corrected chi connectivity index (χ0v) is 14.3. The molecule has 0 fully saturated rings. The molecular formula is C14H30N2O2S. The third kappa shape index (κ3) is 17.4. The van der Waals surface area contributed by atoms with Crippen LogP contribution in [0, 0.1) is 11.8 Å². The zero-order chi connectivity index (χ0) is 15.4. The van der Waals surface area contributed by atoms with Gasteiger partial charge in [-0.2, -0.15) is 0 Å². The molecule has 0 aromatic carbocycles. The van der Waals surface area contributed by atoms with Gasteiger partial charge in [0.15, 0.2) is 5.12 Å². The first kappa shape index (κ1) is 20.8. The van der Waals surface area contributed by atoms with Gasteiger partial charge in [-0.15, -0.1) is 0 Å². The second-order valence-corrected chi connectivity index (χ2v) is 6.55. The highest BCUT2D eigenvalue weighted by Gasteiger charge is 2.10. The topological polar surface area (TPSA) is 49.4 Å². The van der Waals surface area contributed by atoms with Gasteiger partial charge in [0.25, 0.3) is 0 Å². The van der Waals surface area contributed by atoms with E-state index < -0.39 is 0 Å². The number of amides is 1. The van der Waals surface area contributed by atoms with Gasteiger partial charge in [0.2, 0.25) is 5.91 Å². The second-order valence-electron chi connectivity index (χ2n) is 5.40. The highest BCUT2D eigenvalue weighted by Crippen LogP contribution is 2.04. The van der Waals surface area contributed by atoms with E-state index in [0.29, 0.717) is 5.92 Å². The van der Waals surface area contributed by atoms with Gasteiger partial charge in [0.1, 0.15) is 0 Å². The van der Waals surface area contributed by atoms with E-state index in [2.05, 4.69) is 33.0 Å². The average Bonchev–Trinajstić information content (AvgIpc) is 2.25. The first-order valence-corrected chi connectivity index (χ1v) is 7.71. The molecule has 114 valence electrons. The maximum Gasteiger partial charge on any atom is 0.232 e. The smallest absolute Gasteiger partial charge is 0.232 e. The summed E-state index contributed by atoms with van der Waals surface area (Å²) >= 11 is 1.06. The number of hydrogen-bond donors (Lipinski definition) is 1. The van der Waals surface area contributed by atoms with E-state index in [1.54, 1.807) is 11.9 Å². The van der Waals surface area contributed by atoms with Crippen molar-refractivity contribution in [3.05, 3.63) is 0 Å². The fraction of sp³-hybridized carbons (Fsp3) is 0.857. The van der Waals surface area contributed by atoms with E-state index in [9.17, 15) is 9.59 Å². The van der Waals surface area contributed by atoms with Gasteiger partial charge in [-0.3, -0.25) is 9.59 Å². The van der Waals surface area contributed by atoms with Crippen LogP contribution in [0.2, 0.25) is 0 Å². The molecule has 0 aliphatic rings. The number of nitrogens with zero attached hydrogens (tertiary/aromatic N) is 1. The Labute approximate surface area is 122 Å². The lowest BCUT2D eigenvalue weighted by Crippen LogP contribution is -2.31. The van der Waals surface area contributed by atoms with Crippen LogP contribution in [0.4, 0.5) is 0 Å². The molecule has 0 saturated carbocycles. The number of hydrogen-bond acceptors (Lipinski definition) is 4. The van der Waals surface area contributed by atoms with Crippen LogP contribution >= 0.6 is 11.8 Å². The Bertz CT molecular complexity index is 256. The molecule has 1 amide bonds. The Morgan fingerprint density at radius 1 is 1.16 bits per heavy atom. The van der Waals surface area contributed by atoms with Crippen molar-refractivity contribution in [2.45, 2.75) is 34.6 Å². The molecule has 0 bridgehead atoms.